The Bertz CT molecular complexity index is 991. The predicted molar refractivity (Wildman–Crippen MR) is 105 cm³/mol. The molecule has 2 aromatic rings. The molecule has 0 atom stereocenters. The summed E-state index contributed by atoms with van der Waals surface area (Å²) in [5, 5.41) is 8.17. The monoisotopic (exact) mass is 402 g/mol. The molecule has 0 spiro atoms. The van der Waals surface area contributed by atoms with Gasteiger partial charge < -0.3 is 15.9 Å². The van der Waals surface area contributed by atoms with E-state index in [-0.39, 0.29) is 11.7 Å². The van der Waals surface area contributed by atoms with Crippen molar-refractivity contribution in [3.05, 3.63) is 57.5 Å². The van der Waals surface area contributed by atoms with E-state index in [1.807, 2.05) is 0 Å². The van der Waals surface area contributed by atoms with Crippen molar-refractivity contribution in [2.24, 2.45) is 21.7 Å². The van der Waals surface area contributed by atoms with Gasteiger partial charge in [0, 0.05) is 28.1 Å². The van der Waals surface area contributed by atoms with Crippen LogP contribution in [0.2, 0.25) is 5.02 Å². The van der Waals surface area contributed by atoms with Crippen LogP contribution >= 0.6 is 11.6 Å². The van der Waals surface area contributed by atoms with Gasteiger partial charge in [-0.15, -0.1) is 5.10 Å². The number of nitrogens with zero attached hydrogens (tertiary/aromatic N) is 2. The number of fused-ring (bicyclic) bond motifs is 1. The van der Waals surface area contributed by atoms with Crippen LogP contribution in [-0.4, -0.2) is 23.5 Å². The predicted octanol–water partition coefficient (Wildman–Crippen LogP) is 1.63. The van der Waals surface area contributed by atoms with E-state index >= 15 is 0 Å². The third kappa shape index (κ3) is 4.15. The Hall–Kier alpha value is -3.33. The molecule has 0 unspecified atom stereocenters. The molecule has 1 aliphatic rings. The van der Waals surface area contributed by atoms with Gasteiger partial charge in [0.15, 0.2) is 5.76 Å². The summed E-state index contributed by atoms with van der Waals surface area (Å²) in [5.74, 6) is -0.499. The zero-order valence-electron chi connectivity index (χ0n) is 15.1. The molecule has 0 radical (unpaired) electrons. The Kier molecular flexibility index (Phi) is 5.65. The van der Waals surface area contributed by atoms with E-state index in [1.54, 1.807) is 25.1 Å². The van der Waals surface area contributed by atoms with Gasteiger partial charge in [-0.05, 0) is 38.0 Å². The van der Waals surface area contributed by atoms with E-state index in [9.17, 15) is 9.59 Å². The van der Waals surface area contributed by atoms with Crippen LogP contribution in [0.5, 0.6) is 0 Å². The van der Waals surface area contributed by atoms with Crippen molar-refractivity contribution in [3.63, 3.8) is 0 Å². The van der Waals surface area contributed by atoms with Crippen molar-refractivity contribution in [2.45, 2.75) is 26.2 Å². The highest BCUT2D eigenvalue weighted by molar-refractivity contribution is 6.31. The number of nitrogens with two attached hydrogens (primary N) is 2. The maximum atomic E-state index is 12.5. The van der Waals surface area contributed by atoms with Gasteiger partial charge in [0.1, 0.15) is 5.76 Å². The lowest BCUT2D eigenvalue weighted by molar-refractivity contribution is 0.0829. The lowest BCUT2D eigenvalue weighted by Gasteiger charge is -2.11. The molecule has 10 heteroatoms. The SMILES string of the molecule is Cc1c(C(=O)NNC(=O)c2cccc(Cl)c2)oc2c1/C(=N/N=C(N)N)CCC2. The van der Waals surface area contributed by atoms with Crippen molar-refractivity contribution >= 4 is 35.1 Å². The molecule has 9 nitrogen and oxygen atoms in total. The van der Waals surface area contributed by atoms with Gasteiger partial charge in [-0.2, -0.15) is 5.10 Å². The van der Waals surface area contributed by atoms with Crippen LogP contribution in [-0.2, 0) is 6.42 Å². The number of halogens is 1. The summed E-state index contributed by atoms with van der Waals surface area (Å²) in [6.07, 6.45) is 2.13. The second-order valence-corrected chi connectivity index (χ2v) is 6.63. The third-order valence-electron chi connectivity index (χ3n) is 4.19. The fraction of sp³-hybridized carbons (Fsp3) is 0.222. The Morgan fingerprint density at radius 2 is 1.93 bits per heavy atom. The minimum Gasteiger partial charge on any atom is -0.455 e. The van der Waals surface area contributed by atoms with Crippen molar-refractivity contribution in [1.82, 2.24) is 10.9 Å². The summed E-state index contributed by atoms with van der Waals surface area (Å²) in [6, 6.07) is 6.36. The molecule has 0 fully saturated rings. The largest absolute Gasteiger partial charge is 0.455 e. The number of guanidine groups is 1. The van der Waals surface area contributed by atoms with Crippen LogP contribution in [0.3, 0.4) is 0 Å². The number of hydrazine groups is 1. The number of aryl methyl sites for hydroxylation is 1. The van der Waals surface area contributed by atoms with E-state index in [0.29, 0.717) is 40.5 Å². The molecule has 0 saturated carbocycles. The quantitative estimate of drug-likeness (QED) is 0.350. The highest BCUT2D eigenvalue weighted by Crippen LogP contribution is 2.30. The first kappa shape index (κ1) is 19.4. The maximum absolute atomic E-state index is 12.5. The first-order valence-corrected chi connectivity index (χ1v) is 8.89. The van der Waals surface area contributed by atoms with Crippen LogP contribution in [0.1, 0.15) is 50.6 Å². The van der Waals surface area contributed by atoms with Gasteiger partial charge in [0.05, 0.1) is 5.71 Å². The molecular weight excluding hydrogens is 384 g/mol. The second-order valence-electron chi connectivity index (χ2n) is 6.20. The number of rotatable bonds is 3. The summed E-state index contributed by atoms with van der Waals surface area (Å²) < 4.78 is 5.72. The van der Waals surface area contributed by atoms with Crippen molar-refractivity contribution in [3.8, 4) is 0 Å². The van der Waals surface area contributed by atoms with E-state index in [4.69, 9.17) is 27.5 Å². The summed E-state index contributed by atoms with van der Waals surface area (Å²) in [5.41, 5.74) is 17.6. The summed E-state index contributed by atoms with van der Waals surface area (Å²) in [4.78, 5) is 24.6. The van der Waals surface area contributed by atoms with Gasteiger partial charge >= 0.3 is 5.91 Å². The second kappa shape index (κ2) is 8.13. The highest BCUT2D eigenvalue weighted by Gasteiger charge is 2.28. The number of carbonyl (C=O) groups is 2. The summed E-state index contributed by atoms with van der Waals surface area (Å²) >= 11 is 5.87. The fourth-order valence-corrected chi connectivity index (χ4v) is 3.17. The number of hydrogen-bond acceptors (Lipinski definition) is 5. The number of benzene rings is 1. The van der Waals surface area contributed by atoms with E-state index < -0.39 is 11.8 Å². The average molecular weight is 403 g/mol. The molecule has 0 bridgehead atoms. The molecule has 1 aromatic heterocycles. The first-order valence-electron chi connectivity index (χ1n) is 8.51. The highest BCUT2D eigenvalue weighted by atomic mass is 35.5. The lowest BCUT2D eigenvalue weighted by atomic mass is 9.93. The number of carbonyl (C=O) groups excluding carboxylic acids is 2. The minimum absolute atomic E-state index is 0.0932. The third-order valence-corrected chi connectivity index (χ3v) is 4.43. The fourth-order valence-electron chi connectivity index (χ4n) is 2.98. The van der Waals surface area contributed by atoms with Gasteiger partial charge in [-0.25, -0.2) is 0 Å². The Balaban J connectivity index is 1.77. The Labute approximate surface area is 165 Å². The van der Waals surface area contributed by atoms with Crippen LogP contribution < -0.4 is 22.3 Å². The van der Waals surface area contributed by atoms with Crippen LogP contribution in [0.4, 0.5) is 0 Å². The van der Waals surface area contributed by atoms with Crippen LogP contribution in [0, 0.1) is 6.92 Å². The van der Waals surface area contributed by atoms with Gasteiger partial charge in [-0.3, -0.25) is 20.4 Å². The molecule has 0 saturated heterocycles. The first-order chi connectivity index (χ1) is 13.4. The zero-order chi connectivity index (χ0) is 20.3. The van der Waals surface area contributed by atoms with E-state index in [1.165, 1.54) is 6.07 Å². The van der Waals surface area contributed by atoms with Gasteiger partial charge in [0.2, 0.25) is 5.96 Å². The molecule has 146 valence electrons. The average Bonchev–Trinajstić information content (AvgIpc) is 3.01. The number of furan rings is 1. The molecule has 2 amide bonds. The maximum Gasteiger partial charge on any atom is 0.305 e. The Morgan fingerprint density at radius 1 is 1.18 bits per heavy atom. The smallest absolute Gasteiger partial charge is 0.305 e. The summed E-state index contributed by atoms with van der Waals surface area (Å²) in [6.45, 7) is 1.74. The molecule has 0 aliphatic heterocycles. The van der Waals surface area contributed by atoms with E-state index in [0.717, 1.165) is 12.0 Å². The molecular formula is C18H19ClN6O3. The number of hydrogen-bond donors (Lipinski definition) is 4. The minimum atomic E-state index is -0.580. The van der Waals surface area contributed by atoms with Crippen molar-refractivity contribution < 1.29 is 14.0 Å². The molecule has 1 heterocycles. The molecule has 1 aromatic carbocycles. The molecule has 3 rings (SSSR count). The summed E-state index contributed by atoms with van der Waals surface area (Å²) in [7, 11) is 0. The topological polar surface area (TPSA) is 148 Å². The zero-order valence-corrected chi connectivity index (χ0v) is 15.8. The van der Waals surface area contributed by atoms with Gasteiger partial charge in [0.25, 0.3) is 5.91 Å². The van der Waals surface area contributed by atoms with E-state index in [2.05, 4.69) is 21.1 Å². The molecule has 28 heavy (non-hydrogen) atoms. The van der Waals surface area contributed by atoms with Crippen LogP contribution in [0.25, 0.3) is 0 Å². The van der Waals surface area contributed by atoms with Crippen molar-refractivity contribution in [1.29, 1.82) is 0 Å². The molecule has 6 N–H and O–H groups in total. The lowest BCUT2D eigenvalue weighted by Crippen LogP contribution is -2.41. The number of nitrogens with one attached hydrogen (secondary N) is 2. The molecule has 1 aliphatic carbocycles. The Morgan fingerprint density at radius 3 is 2.64 bits per heavy atom. The van der Waals surface area contributed by atoms with Crippen LogP contribution in [0.15, 0.2) is 38.9 Å². The van der Waals surface area contributed by atoms with Gasteiger partial charge in [-0.1, -0.05) is 17.7 Å². The van der Waals surface area contributed by atoms with Crippen molar-refractivity contribution in [2.75, 3.05) is 0 Å². The standard InChI is InChI=1S/C18H19ClN6O3/c1-9-14-12(22-25-18(20)21)6-3-7-13(14)28-15(9)17(27)24-23-16(26)10-4-2-5-11(19)8-10/h2,4-5,8H,3,6-7H2,1H3,(H,23,26)(H,24,27)(H4,20,21,25)/b22-12+. The normalized spacial score (nSPS) is 14.3. The number of amides is 2.